The Labute approximate surface area is 171 Å². The number of amides is 1. The molecule has 0 spiro atoms. The Balaban J connectivity index is 1.33. The predicted octanol–water partition coefficient (Wildman–Crippen LogP) is 3.11. The molecule has 0 aliphatic carbocycles. The van der Waals surface area contributed by atoms with Crippen molar-refractivity contribution in [1.29, 1.82) is 0 Å². The highest BCUT2D eigenvalue weighted by atomic mass is 35.5. The quantitative estimate of drug-likeness (QED) is 0.712. The van der Waals surface area contributed by atoms with Gasteiger partial charge in [0.15, 0.2) is 0 Å². The number of benzene rings is 2. The minimum absolute atomic E-state index is 0.0212. The highest BCUT2D eigenvalue weighted by molar-refractivity contribution is 6.31. The van der Waals surface area contributed by atoms with Crippen molar-refractivity contribution in [3.8, 4) is 0 Å². The lowest BCUT2D eigenvalue weighted by Gasteiger charge is -2.33. The number of hydrogen-bond acceptors (Lipinski definition) is 4. The number of nitrogens with zero attached hydrogens (tertiary/aromatic N) is 1. The van der Waals surface area contributed by atoms with Crippen LogP contribution in [-0.4, -0.2) is 54.3 Å². The molecule has 1 saturated heterocycles. The van der Waals surface area contributed by atoms with Gasteiger partial charge in [-0.3, -0.25) is 4.79 Å². The van der Waals surface area contributed by atoms with Crippen molar-refractivity contribution in [2.75, 3.05) is 26.2 Å². The molecule has 1 atom stereocenters. The number of rotatable bonds is 8. The van der Waals surface area contributed by atoms with Gasteiger partial charge < -0.3 is 20.1 Å². The number of nitrogens with one attached hydrogen (secondary N) is 1. The number of aliphatic hydroxyl groups excluding tert-OH is 1. The molecule has 28 heavy (non-hydrogen) atoms. The number of aliphatic hydroxyl groups is 1. The minimum Gasteiger partial charge on any atom is -0.389 e. The Bertz CT molecular complexity index is 748. The molecule has 0 radical (unpaired) electrons. The van der Waals surface area contributed by atoms with Crippen molar-refractivity contribution in [2.45, 2.75) is 31.6 Å². The summed E-state index contributed by atoms with van der Waals surface area (Å²) in [5.41, 5.74) is 1.61. The standard InChI is InChI=1S/C22H27ClN2O3/c23-21-9-5-4-8-18(21)15-28-16-20(26)14-25-12-10-19(11-13-25)24-22(27)17-6-2-1-3-7-17/h1-9,19-20,26H,10-16H2,(H,24,27). The molecule has 1 aliphatic heterocycles. The molecule has 1 unspecified atom stereocenters. The van der Waals surface area contributed by atoms with Crippen molar-refractivity contribution in [1.82, 2.24) is 10.2 Å². The summed E-state index contributed by atoms with van der Waals surface area (Å²) in [5, 5.41) is 14.0. The Morgan fingerprint density at radius 3 is 2.54 bits per heavy atom. The van der Waals surface area contributed by atoms with E-state index < -0.39 is 6.10 Å². The fourth-order valence-electron chi connectivity index (χ4n) is 3.39. The zero-order valence-corrected chi connectivity index (χ0v) is 16.6. The van der Waals surface area contributed by atoms with Crippen LogP contribution in [0.25, 0.3) is 0 Å². The summed E-state index contributed by atoms with van der Waals surface area (Å²) < 4.78 is 5.61. The van der Waals surface area contributed by atoms with E-state index in [0.717, 1.165) is 31.5 Å². The van der Waals surface area contributed by atoms with E-state index in [1.165, 1.54) is 0 Å². The van der Waals surface area contributed by atoms with Gasteiger partial charge in [0.25, 0.3) is 5.91 Å². The normalized spacial score (nSPS) is 16.6. The number of piperidine rings is 1. The summed E-state index contributed by atoms with van der Waals surface area (Å²) in [7, 11) is 0. The molecule has 0 saturated carbocycles. The smallest absolute Gasteiger partial charge is 0.251 e. The maximum Gasteiger partial charge on any atom is 0.251 e. The fourth-order valence-corrected chi connectivity index (χ4v) is 3.58. The molecule has 1 amide bonds. The zero-order chi connectivity index (χ0) is 19.8. The third-order valence-electron chi connectivity index (χ3n) is 4.95. The molecule has 2 aromatic carbocycles. The van der Waals surface area contributed by atoms with E-state index in [2.05, 4.69) is 10.2 Å². The Morgan fingerprint density at radius 2 is 1.82 bits per heavy atom. The van der Waals surface area contributed by atoms with Crippen LogP contribution in [0.3, 0.4) is 0 Å². The average Bonchev–Trinajstić information content (AvgIpc) is 2.71. The summed E-state index contributed by atoms with van der Waals surface area (Å²) in [6.07, 6.45) is 1.22. The lowest BCUT2D eigenvalue weighted by Crippen LogP contribution is -2.47. The first kappa shape index (κ1) is 20.8. The van der Waals surface area contributed by atoms with E-state index in [0.29, 0.717) is 23.7 Å². The highest BCUT2D eigenvalue weighted by Crippen LogP contribution is 2.16. The summed E-state index contributed by atoms with van der Waals surface area (Å²) in [6.45, 7) is 2.94. The Kier molecular flexibility index (Phi) is 7.86. The molecule has 150 valence electrons. The van der Waals surface area contributed by atoms with Crippen LogP contribution in [-0.2, 0) is 11.3 Å². The topological polar surface area (TPSA) is 61.8 Å². The van der Waals surface area contributed by atoms with Crippen LogP contribution in [0.5, 0.6) is 0 Å². The second-order valence-electron chi connectivity index (χ2n) is 7.17. The van der Waals surface area contributed by atoms with Crippen LogP contribution in [0.1, 0.15) is 28.8 Å². The van der Waals surface area contributed by atoms with Crippen molar-refractivity contribution in [3.63, 3.8) is 0 Å². The summed E-state index contributed by atoms with van der Waals surface area (Å²) in [4.78, 5) is 14.5. The fraction of sp³-hybridized carbons (Fsp3) is 0.409. The van der Waals surface area contributed by atoms with Crippen molar-refractivity contribution >= 4 is 17.5 Å². The summed E-state index contributed by atoms with van der Waals surface area (Å²) in [5.74, 6) is -0.0212. The third kappa shape index (κ3) is 6.31. The predicted molar refractivity (Wildman–Crippen MR) is 110 cm³/mol. The molecule has 0 bridgehead atoms. The molecular formula is C22H27ClN2O3. The first-order valence-corrected chi connectivity index (χ1v) is 10.1. The van der Waals surface area contributed by atoms with Gasteiger partial charge in [-0.1, -0.05) is 48.0 Å². The van der Waals surface area contributed by atoms with Crippen molar-refractivity contribution in [3.05, 3.63) is 70.7 Å². The van der Waals surface area contributed by atoms with E-state index in [-0.39, 0.29) is 18.6 Å². The number of carbonyl (C=O) groups excluding carboxylic acids is 1. The molecule has 1 fully saturated rings. The number of ether oxygens (including phenoxy) is 1. The largest absolute Gasteiger partial charge is 0.389 e. The second kappa shape index (κ2) is 10.6. The van der Waals surface area contributed by atoms with E-state index in [1.54, 1.807) is 0 Å². The molecule has 2 N–H and O–H groups in total. The van der Waals surface area contributed by atoms with Crippen LogP contribution in [0.4, 0.5) is 0 Å². The van der Waals surface area contributed by atoms with Crippen LogP contribution >= 0.6 is 11.6 Å². The van der Waals surface area contributed by atoms with E-state index in [1.807, 2.05) is 54.6 Å². The van der Waals surface area contributed by atoms with Gasteiger partial charge in [0.05, 0.1) is 19.3 Å². The van der Waals surface area contributed by atoms with E-state index in [9.17, 15) is 9.90 Å². The molecular weight excluding hydrogens is 376 g/mol. The minimum atomic E-state index is -0.544. The van der Waals surface area contributed by atoms with Gasteiger partial charge >= 0.3 is 0 Å². The molecule has 1 heterocycles. The van der Waals surface area contributed by atoms with Gasteiger partial charge in [-0.25, -0.2) is 0 Å². The maximum absolute atomic E-state index is 12.2. The van der Waals surface area contributed by atoms with Crippen LogP contribution in [0.2, 0.25) is 5.02 Å². The number of carbonyl (C=O) groups is 1. The molecule has 1 aliphatic rings. The van der Waals surface area contributed by atoms with Crippen molar-refractivity contribution in [2.24, 2.45) is 0 Å². The van der Waals surface area contributed by atoms with E-state index in [4.69, 9.17) is 16.3 Å². The Morgan fingerprint density at radius 1 is 1.14 bits per heavy atom. The monoisotopic (exact) mass is 402 g/mol. The van der Waals surface area contributed by atoms with Crippen molar-refractivity contribution < 1.29 is 14.6 Å². The van der Waals surface area contributed by atoms with Crippen LogP contribution in [0.15, 0.2) is 54.6 Å². The van der Waals surface area contributed by atoms with Gasteiger partial charge in [-0.15, -0.1) is 0 Å². The number of halogens is 1. The first-order chi connectivity index (χ1) is 13.6. The van der Waals surface area contributed by atoms with E-state index >= 15 is 0 Å². The van der Waals surface area contributed by atoms with Gasteiger partial charge in [-0.2, -0.15) is 0 Å². The summed E-state index contributed by atoms with van der Waals surface area (Å²) in [6, 6.07) is 17.0. The zero-order valence-electron chi connectivity index (χ0n) is 15.9. The molecule has 0 aromatic heterocycles. The molecule has 2 aromatic rings. The highest BCUT2D eigenvalue weighted by Gasteiger charge is 2.22. The molecule has 3 rings (SSSR count). The Hall–Kier alpha value is -1.92. The first-order valence-electron chi connectivity index (χ1n) is 9.69. The number of hydrogen-bond donors (Lipinski definition) is 2. The summed E-state index contributed by atoms with van der Waals surface area (Å²) >= 11 is 6.10. The third-order valence-corrected chi connectivity index (χ3v) is 5.32. The lowest BCUT2D eigenvalue weighted by atomic mass is 10.0. The van der Waals surface area contributed by atoms with Gasteiger partial charge in [0, 0.05) is 36.3 Å². The van der Waals surface area contributed by atoms with Crippen LogP contribution in [0, 0.1) is 0 Å². The number of likely N-dealkylation sites (tertiary alicyclic amines) is 1. The van der Waals surface area contributed by atoms with Gasteiger partial charge in [0.2, 0.25) is 0 Å². The number of β-amino-alcohol motifs (C(OH)–C–C–N with tert-alkyl or cyclic N) is 1. The second-order valence-corrected chi connectivity index (χ2v) is 7.58. The lowest BCUT2D eigenvalue weighted by molar-refractivity contribution is 0.00572. The van der Waals surface area contributed by atoms with Gasteiger partial charge in [0.1, 0.15) is 0 Å². The SMILES string of the molecule is O=C(NC1CCN(CC(O)COCc2ccccc2Cl)CC1)c1ccccc1. The maximum atomic E-state index is 12.2. The molecule has 5 nitrogen and oxygen atoms in total. The average molecular weight is 403 g/mol. The molecule has 6 heteroatoms. The van der Waals surface area contributed by atoms with Gasteiger partial charge in [-0.05, 0) is 36.6 Å². The van der Waals surface area contributed by atoms with Crippen LogP contribution < -0.4 is 5.32 Å².